The standard InChI is InChI=1S/C13H13NO2/c1-2-14-9-10(7-8-13(15)16)11-5-3-4-6-12(11)14/h3-9H,2H2,1H3,(H,15,16). The van der Waals surface area contributed by atoms with E-state index in [0.717, 1.165) is 23.0 Å². The number of hydrogen-bond donors (Lipinski definition) is 1. The lowest BCUT2D eigenvalue weighted by molar-refractivity contribution is -0.131. The molecule has 1 N–H and O–H groups in total. The molecule has 3 heteroatoms. The van der Waals surface area contributed by atoms with Crippen molar-refractivity contribution >= 4 is 22.9 Å². The summed E-state index contributed by atoms with van der Waals surface area (Å²) in [5.74, 6) is -0.923. The van der Waals surface area contributed by atoms with E-state index >= 15 is 0 Å². The maximum Gasteiger partial charge on any atom is 0.328 e. The van der Waals surface area contributed by atoms with Gasteiger partial charge in [-0.2, -0.15) is 0 Å². The minimum atomic E-state index is -0.923. The van der Waals surface area contributed by atoms with Gasteiger partial charge in [0.15, 0.2) is 0 Å². The number of aliphatic carboxylic acids is 1. The minimum absolute atomic E-state index is 0.876. The SMILES string of the molecule is CCn1cc(C=CC(=O)O)c2ccccc21. The van der Waals surface area contributed by atoms with E-state index in [1.54, 1.807) is 6.08 Å². The Morgan fingerprint density at radius 3 is 2.88 bits per heavy atom. The Labute approximate surface area is 93.6 Å². The molecular weight excluding hydrogens is 202 g/mol. The van der Waals surface area contributed by atoms with Gasteiger partial charge in [0, 0.05) is 35.3 Å². The molecule has 0 aliphatic rings. The first-order valence-corrected chi connectivity index (χ1v) is 5.21. The van der Waals surface area contributed by atoms with Gasteiger partial charge in [-0.05, 0) is 19.1 Å². The van der Waals surface area contributed by atoms with Gasteiger partial charge in [0.05, 0.1) is 0 Å². The Morgan fingerprint density at radius 1 is 1.44 bits per heavy atom. The molecule has 3 nitrogen and oxygen atoms in total. The predicted octanol–water partition coefficient (Wildman–Crippen LogP) is 2.76. The lowest BCUT2D eigenvalue weighted by atomic mass is 10.1. The molecule has 0 radical (unpaired) electrons. The summed E-state index contributed by atoms with van der Waals surface area (Å²) in [6.07, 6.45) is 4.78. The van der Waals surface area contributed by atoms with Crippen LogP contribution >= 0.6 is 0 Å². The van der Waals surface area contributed by atoms with Gasteiger partial charge in [-0.15, -0.1) is 0 Å². The summed E-state index contributed by atoms with van der Waals surface area (Å²) in [4.78, 5) is 10.5. The molecule has 0 aliphatic carbocycles. The van der Waals surface area contributed by atoms with Gasteiger partial charge in [0.2, 0.25) is 0 Å². The highest BCUT2D eigenvalue weighted by Gasteiger charge is 2.04. The molecular formula is C13H13NO2. The van der Waals surface area contributed by atoms with Crippen LogP contribution in [0.15, 0.2) is 36.5 Å². The highest BCUT2D eigenvalue weighted by molar-refractivity contribution is 5.93. The molecule has 2 aromatic rings. The van der Waals surface area contributed by atoms with Crippen molar-refractivity contribution in [1.82, 2.24) is 4.57 Å². The molecule has 0 unspecified atom stereocenters. The van der Waals surface area contributed by atoms with Crippen LogP contribution in [0.25, 0.3) is 17.0 Å². The van der Waals surface area contributed by atoms with Crippen LogP contribution < -0.4 is 0 Å². The van der Waals surface area contributed by atoms with E-state index in [0.29, 0.717) is 0 Å². The lowest BCUT2D eigenvalue weighted by Crippen LogP contribution is -1.89. The monoisotopic (exact) mass is 215 g/mol. The Morgan fingerprint density at radius 2 is 2.19 bits per heavy atom. The van der Waals surface area contributed by atoms with Gasteiger partial charge >= 0.3 is 5.97 Å². The van der Waals surface area contributed by atoms with Gasteiger partial charge in [0.25, 0.3) is 0 Å². The number of benzene rings is 1. The highest BCUT2D eigenvalue weighted by atomic mass is 16.4. The van der Waals surface area contributed by atoms with Crippen LogP contribution in [0.4, 0.5) is 0 Å². The van der Waals surface area contributed by atoms with Crippen molar-refractivity contribution in [3.63, 3.8) is 0 Å². The predicted molar refractivity (Wildman–Crippen MR) is 64.3 cm³/mol. The zero-order valence-electron chi connectivity index (χ0n) is 9.05. The van der Waals surface area contributed by atoms with Crippen LogP contribution in [0, 0.1) is 0 Å². The largest absolute Gasteiger partial charge is 0.478 e. The third kappa shape index (κ3) is 1.84. The van der Waals surface area contributed by atoms with Crippen LogP contribution in [-0.2, 0) is 11.3 Å². The molecule has 16 heavy (non-hydrogen) atoms. The Balaban J connectivity index is 2.57. The molecule has 1 heterocycles. The Hall–Kier alpha value is -2.03. The molecule has 82 valence electrons. The van der Waals surface area contributed by atoms with Gasteiger partial charge < -0.3 is 9.67 Å². The summed E-state index contributed by atoms with van der Waals surface area (Å²) in [5.41, 5.74) is 2.08. The van der Waals surface area contributed by atoms with E-state index in [1.807, 2.05) is 30.5 Å². The van der Waals surface area contributed by atoms with Gasteiger partial charge in [0.1, 0.15) is 0 Å². The van der Waals surface area contributed by atoms with Crippen LogP contribution in [0.2, 0.25) is 0 Å². The molecule has 1 aromatic carbocycles. The van der Waals surface area contributed by atoms with Crippen LogP contribution in [0.5, 0.6) is 0 Å². The number of hydrogen-bond acceptors (Lipinski definition) is 1. The number of aromatic nitrogens is 1. The first-order valence-electron chi connectivity index (χ1n) is 5.21. The fourth-order valence-corrected chi connectivity index (χ4v) is 1.83. The number of aryl methyl sites for hydroxylation is 1. The van der Waals surface area contributed by atoms with Crippen molar-refractivity contribution in [1.29, 1.82) is 0 Å². The second kappa shape index (κ2) is 4.23. The van der Waals surface area contributed by atoms with Crippen molar-refractivity contribution < 1.29 is 9.90 Å². The first-order chi connectivity index (χ1) is 7.72. The third-order valence-corrected chi connectivity index (χ3v) is 2.57. The fourth-order valence-electron chi connectivity index (χ4n) is 1.83. The van der Waals surface area contributed by atoms with E-state index in [2.05, 4.69) is 11.5 Å². The molecule has 0 saturated heterocycles. The van der Waals surface area contributed by atoms with Crippen LogP contribution in [-0.4, -0.2) is 15.6 Å². The van der Waals surface area contributed by atoms with E-state index in [1.165, 1.54) is 6.08 Å². The van der Waals surface area contributed by atoms with Gasteiger partial charge in [-0.25, -0.2) is 4.79 Å². The molecule has 0 aliphatic heterocycles. The normalized spacial score (nSPS) is 11.3. The maximum absolute atomic E-state index is 10.5. The smallest absolute Gasteiger partial charge is 0.328 e. The third-order valence-electron chi connectivity index (χ3n) is 2.57. The average molecular weight is 215 g/mol. The number of para-hydroxylation sites is 1. The molecule has 0 fully saturated rings. The Kier molecular flexibility index (Phi) is 2.77. The van der Waals surface area contributed by atoms with E-state index < -0.39 is 5.97 Å². The average Bonchev–Trinajstić information content (AvgIpc) is 2.65. The van der Waals surface area contributed by atoms with Gasteiger partial charge in [-0.1, -0.05) is 18.2 Å². The number of fused-ring (bicyclic) bond motifs is 1. The summed E-state index contributed by atoms with van der Waals surface area (Å²) >= 11 is 0. The quantitative estimate of drug-likeness (QED) is 0.800. The molecule has 0 spiro atoms. The zero-order chi connectivity index (χ0) is 11.5. The fraction of sp³-hybridized carbons (Fsp3) is 0.154. The molecule has 1 aromatic heterocycles. The molecule has 0 atom stereocenters. The van der Waals surface area contributed by atoms with Crippen LogP contribution in [0.3, 0.4) is 0 Å². The second-order valence-electron chi connectivity index (χ2n) is 3.56. The second-order valence-corrected chi connectivity index (χ2v) is 3.56. The molecule has 0 amide bonds. The van der Waals surface area contributed by atoms with E-state index in [-0.39, 0.29) is 0 Å². The van der Waals surface area contributed by atoms with Gasteiger partial charge in [-0.3, -0.25) is 0 Å². The number of carboxylic acid groups (broad SMARTS) is 1. The van der Waals surface area contributed by atoms with Crippen molar-refractivity contribution in [2.75, 3.05) is 0 Å². The van der Waals surface area contributed by atoms with Crippen molar-refractivity contribution in [3.05, 3.63) is 42.1 Å². The summed E-state index contributed by atoms with van der Waals surface area (Å²) < 4.78 is 2.11. The minimum Gasteiger partial charge on any atom is -0.478 e. The summed E-state index contributed by atoms with van der Waals surface area (Å²) in [7, 11) is 0. The number of rotatable bonds is 3. The highest BCUT2D eigenvalue weighted by Crippen LogP contribution is 2.22. The molecule has 2 rings (SSSR count). The van der Waals surface area contributed by atoms with Crippen LogP contribution in [0.1, 0.15) is 12.5 Å². The lowest BCUT2D eigenvalue weighted by Gasteiger charge is -1.97. The molecule has 0 bridgehead atoms. The summed E-state index contributed by atoms with van der Waals surface area (Å²) in [6.45, 7) is 2.94. The summed E-state index contributed by atoms with van der Waals surface area (Å²) in [6, 6.07) is 7.99. The maximum atomic E-state index is 10.5. The number of nitrogens with zero attached hydrogens (tertiary/aromatic N) is 1. The number of carboxylic acids is 1. The zero-order valence-corrected chi connectivity index (χ0v) is 9.05. The molecule has 0 saturated carbocycles. The van der Waals surface area contributed by atoms with Crippen molar-refractivity contribution in [2.24, 2.45) is 0 Å². The topological polar surface area (TPSA) is 42.2 Å². The Bertz CT molecular complexity index is 552. The number of carbonyl (C=O) groups is 1. The van der Waals surface area contributed by atoms with E-state index in [4.69, 9.17) is 5.11 Å². The van der Waals surface area contributed by atoms with E-state index in [9.17, 15) is 4.79 Å². The summed E-state index contributed by atoms with van der Waals surface area (Å²) in [5, 5.41) is 9.70. The van der Waals surface area contributed by atoms with Crippen molar-refractivity contribution in [2.45, 2.75) is 13.5 Å². The van der Waals surface area contributed by atoms with Crippen molar-refractivity contribution in [3.8, 4) is 0 Å². The first kappa shape index (κ1) is 10.5.